The number of rotatable bonds is 12. The van der Waals surface area contributed by atoms with Crippen LogP contribution in [0, 0.1) is 19.8 Å². The van der Waals surface area contributed by atoms with Crippen LogP contribution in [0.2, 0.25) is 5.02 Å². The van der Waals surface area contributed by atoms with E-state index in [4.69, 9.17) is 22.4 Å². The van der Waals surface area contributed by atoms with Gasteiger partial charge in [-0.2, -0.15) is 0 Å². The maximum Gasteiger partial charge on any atom is 0.335 e. The van der Waals surface area contributed by atoms with Crippen molar-refractivity contribution in [1.29, 1.82) is 0 Å². The van der Waals surface area contributed by atoms with Crippen LogP contribution in [-0.2, 0) is 4.79 Å². The molecule has 6 rings (SSSR count). The summed E-state index contributed by atoms with van der Waals surface area (Å²) in [5, 5.41) is 23.6. The second-order valence-electron chi connectivity index (χ2n) is 14.4. The number of carboxylic acid groups (broad SMARTS) is 2. The molecule has 1 aliphatic carbocycles. The Hall–Kier alpha value is -8.17. The van der Waals surface area contributed by atoms with Crippen LogP contribution in [0.15, 0.2) is 121 Å². The van der Waals surface area contributed by atoms with Gasteiger partial charge in [-0.1, -0.05) is 74.4 Å². The second-order valence-corrected chi connectivity index (χ2v) is 14.9. The molecule has 0 spiro atoms. The van der Waals surface area contributed by atoms with Crippen LogP contribution in [-0.4, -0.2) is 73.0 Å². The van der Waals surface area contributed by atoms with E-state index in [9.17, 15) is 43.5 Å². The number of anilines is 4. The van der Waals surface area contributed by atoms with E-state index in [-0.39, 0.29) is 44.7 Å². The number of carbonyl (C=O) groups excluding carboxylic acids is 6. The van der Waals surface area contributed by atoms with Crippen molar-refractivity contribution in [3.05, 3.63) is 176 Å². The van der Waals surface area contributed by atoms with Crippen molar-refractivity contribution in [2.24, 2.45) is 5.92 Å². The van der Waals surface area contributed by atoms with E-state index < -0.39 is 23.8 Å². The summed E-state index contributed by atoms with van der Waals surface area (Å²) in [6.07, 6.45) is 7.50. The number of carbonyl (C=O) groups is 8. The van der Waals surface area contributed by atoms with Crippen molar-refractivity contribution in [2.45, 2.75) is 34.6 Å². The summed E-state index contributed by atoms with van der Waals surface area (Å²) in [5.41, 5.74) is 11.5. The van der Waals surface area contributed by atoms with Gasteiger partial charge in [0.05, 0.1) is 16.7 Å². The van der Waals surface area contributed by atoms with E-state index in [1.807, 2.05) is 64.1 Å². The predicted molar refractivity (Wildman–Crippen MR) is 256 cm³/mol. The molecule has 0 radical (unpaired) electrons. The number of benzene rings is 5. The lowest BCUT2D eigenvalue weighted by atomic mass is 10.0. The normalized spacial score (nSPS) is 11.9. The lowest BCUT2D eigenvalue weighted by Gasteiger charge is -2.20. The van der Waals surface area contributed by atoms with E-state index >= 15 is 0 Å². The molecule has 16 heteroatoms. The van der Waals surface area contributed by atoms with Gasteiger partial charge in [-0.3, -0.25) is 28.8 Å². The number of nitrogens with one attached hydrogen (secondary N) is 2. The maximum atomic E-state index is 13.0. The van der Waals surface area contributed by atoms with Crippen molar-refractivity contribution in [1.82, 2.24) is 5.32 Å². The number of aryl methyl sites for hydroxylation is 2. The first-order valence-corrected chi connectivity index (χ1v) is 20.6. The van der Waals surface area contributed by atoms with Crippen LogP contribution in [0.1, 0.15) is 104 Å². The molecule has 1 aliphatic rings. The Morgan fingerprint density at radius 1 is 0.682 bits per heavy atom. The Morgan fingerprint density at radius 2 is 1.24 bits per heavy atom. The largest absolute Gasteiger partial charge is 0.478 e. The molecule has 66 heavy (non-hydrogen) atoms. The summed E-state index contributed by atoms with van der Waals surface area (Å²) >= 11 is 6.17. The number of hydrogen-bond donors (Lipinski definition) is 5. The molecule has 0 aromatic heterocycles. The van der Waals surface area contributed by atoms with Crippen LogP contribution in [0.4, 0.5) is 22.7 Å². The first-order valence-electron chi connectivity index (χ1n) is 20.2. The molecule has 0 heterocycles. The first-order chi connectivity index (χ1) is 31.3. The quantitative estimate of drug-likeness (QED) is 0.0585. The molecule has 5 aromatic rings. The van der Waals surface area contributed by atoms with Gasteiger partial charge in [0, 0.05) is 69.8 Å². The van der Waals surface area contributed by atoms with Gasteiger partial charge in [0.15, 0.2) is 6.29 Å². The SMILES string of the molecule is CC.C[C@@H]1C=CC(NC(=O)c2cc(Cl)cc(N(C)C(=O)c3cc(C(=O)O)ccc3C=O)c2)=C1.Cc1cc(C(=O)O)ccc1C=O.Cc1ccc(NC(=O)c2cc(N)cc(N(C)C=O)c2)cc1. The molecule has 0 aliphatic heterocycles. The molecule has 15 nitrogen and oxygen atoms in total. The summed E-state index contributed by atoms with van der Waals surface area (Å²) < 4.78 is 0. The molecule has 0 fully saturated rings. The van der Waals surface area contributed by atoms with Gasteiger partial charge in [0.2, 0.25) is 6.41 Å². The van der Waals surface area contributed by atoms with Gasteiger partial charge >= 0.3 is 11.9 Å². The molecule has 342 valence electrons. The monoisotopic (exact) mass is 915 g/mol. The van der Waals surface area contributed by atoms with Gasteiger partial charge < -0.3 is 36.4 Å². The highest BCUT2D eigenvalue weighted by Crippen LogP contribution is 2.26. The van der Waals surface area contributed by atoms with Gasteiger partial charge in [-0.05, 0) is 104 Å². The zero-order chi connectivity index (χ0) is 49.2. The highest BCUT2D eigenvalue weighted by Gasteiger charge is 2.21. The third-order valence-corrected chi connectivity index (χ3v) is 9.71. The zero-order valence-corrected chi connectivity index (χ0v) is 38.0. The molecular weight excluding hydrogens is 866 g/mol. The average Bonchev–Trinajstić information content (AvgIpc) is 3.72. The standard InChI is InChI=1S/C23H19ClN2O5.C16H17N3O2.C9H8O3.C2H6/c1-13-3-6-18(7-13)25-21(28)16-8-17(24)11-19(9-16)26(2)22(29)20-10-14(23(30)31)4-5-15(20)12-27;1-11-3-5-14(6-4-11)18-16(21)12-7-13(17)9-15(8-12)19(2)10-20;1-6-4-7(9(11)12)2-3-8(6)5-10;1-2/h3-13H,1-2H3,(H,25,28)(H,30,31);3-10H,17H2,1-2H3,(H,18,21);2-5H,1H3,(H,11,12);1-2H3/t13-;;;/m1.../s1. The van der Waals surface area contributed by atoms with Crippen molar-refractivity contribution in [3.8, 4) is 0 Å². The zero-order valence-electron chi connectivity index (χ0n) is 37.3. The molecule has 0 unspecified atom stereocenters. The third-order valence-electron chi connectivity index (χ3n) is 9.49. The van der Waals surface area contributed by atoms with Crippen molar-refractivity contribution < 1.29 is 48.6 Å². The minimum atomic E-state index is -1.22. The number of halogens is 1. The smallest absolute Gasteiger partial charge is 0.335 e. The molecular formula is C50H50ClN5O10. The summed E-state index contributed by atoms with van der Waals surface area (Å²) in [6, 6.07) is 24.9. The molecule has 0 saturated carbocycles. The topological polar surface area (TPSA) is 234 Å². The number of nitrogen functional groups attached to an aromatic ring is 1. The lowest BCUT2D eigenvalue weighted by molar-refractivity contribution is -0.107. The molecule has 0 bridgehead atoms. The Labute approximate surface area is 387 Å². The number of hydrogen-bond acceptors (Lipinski definition) is 9. The fourth-order valence-corrected chi connectivity index (χ4v) is 6.15. The number of aromatic carboxylic acids is 2. The van der Waals surface area contributed by atoms with Crippen LogP contribution in [0.5, 0.6) is 0 Å². The fraction of sp³-hybridized carbons (Fsp3) is 0.160. The van der Waals surface area contributed by atoms with E-state index in [0.29, 0.717) is 64.1 Å². The number of aldehydes is 2. The van der Waals surface area contributed by atoms with Crippen molar-refractivity contribution in [2.75, 3.05) is 34.9 Å². The van der Waals surface area contributed by atoms with E-state index in [2.05, 4.69) is 10.6 Å². The predicted octanol–water partition coefficient (Wildman–Crippen LogP) is 8.90. The van der Waals surface area contributed by atoms with Crippen LogP contribution in [0.3, 0.4) is 0 Å². The third kappa shape index (κ3) is 14.7. The minimum absolute atomic E-state index is 0.0518. The van der Waals surface area contributed by atoms with Gasteiger partial charge in [0.25, 0.3) is 17.7 Å². The fourth-order valence-electron chi connectivity index (χ4n) is 5.92. The maximum absolute atomic E-state index is 13.0. The number of carboxylic acids is 2. The van der Waals surface area contributed by atoms with Crippen LogP contribution >= 0.6 is 11.6 Å². The number of nitrogens with two attached hydrogens (primary N) is 1. The summed E-state index contributed by atoms with van der Waals surface area (Å²) in [5.74, 6) is -3.25. The van der Waals surface area contributed by atoms with Gasteiger partial charge in [0.1, 0.15) is 6.29 Å². The minimum Gasteiger partial charge on any atom is -0.478 e. The van der Waals surface area contributed by atoms with E-state index in [0.717, 1.165) is 11.6 Å². The molecule has 5 aromatic carbocycles. The molecule has 0 saturated heterocycles. The van der Waals surface area contributed by atoms with Crippen molar-refractivity contribution in [3.63, 3.8) is 0 Å². The Balaban J connectivity index is 0.000000284. The Kier molecular flexibility index (Phi) is 19.5. The Morgan fingerprint density at radius 3 is 1.79 bits per heavy atom. The van der Waals surface area contributed by atoms with Crippen LogP contribution < -0.4 is 26.2 Å². The Bertz CT molecular complexity index is 2700. The van der Waals surface area contributed by atoms with E-state index in [1.165, 1.54) is 65.4 Å². The first kappa shape index (κ1) is 52.2. The summed E-state index contributed by atoms with van der Waals surface area (Å²) in [6.45, 7) is 9.67. The van der Waals surface area contributed by atoms with Crippen LogP contribution in [0.25, 0.3) is 0 Å². The highest BCUT2D eigenvalue weighted by molar-refractivity contribution is 6.31. The summed E-state index contributed by atoms with van der Waals surface area (Å²) in [7, 11) is 3.05. The van der Waals surface area contributed by atoms with Gasteiger partial charge in [-0.15, -0.1) is 0 Å². The molecule has 1 atom stereocenters. The lowest BCUT2D eigenvalue weighted by Crippen LogP contribution is -2.28. The van der Waals surface area contributed by atoms with Gasteiger partial charge in [-0.25, -0.2) is 9.59 Å². The number of allylic oxidation sites excluding steroid dienone is 3. The second kappa shape index (κ2) is 24.6. The molecule has 4 amide bonds. The summed E-state index contributed by atoms with van der Waals surface area (Å²) in [4.78, 5) is 94.7. The average molecular weight is 916 g/mol. The van der Waals surface area contributed by atoms with E-state index in [1.54, 1.807) is 38.2 Å². The number of amides is 4. The van der Waals surface area contributed by atoms with Crippen molar-refractivity contribution >= 4 is 83.0 Å². The number of nitrogens with zero attached hydrogens (tertiary/aromatic N) is 2. The highest BCUT2D eigenvalue weighted by atomic mass is 35.5. The molecule has 6 N–H and O–H groups in total.